The lowest BCUT2D eigenvalue weighted by atomic mass is 10.2. The Kier molecular flexibility index (Phi) is 5.37. The van der Waals surface area contributed by atoms with Crippen molar-refractivity contribution in [3.63, 3.8) is 0 Å². The molecule has 2 aromatic rings. The van der Waals surface area contributed by atoms with Crippen LogP contribution in [0.5, 0.6) is 0 Å². The summed E-state index contributed by atoms with van der Waals surface area (Å²) in [5, 5.41) is 6.65. The minimum atomic E-state index is -0.384. The molecule has 0 radical (unpaired) electrons. The maximum Gasteiger partial charge on any atom is 0.271 e. The van der Waals surface area contributed by atoms with Gasteiger partial charge in [-0.15, -0.1) is 0 Å². The van der Waals surface area contributed by atoms with E-state index in [0.29, 0.717) is 18.7 Å². The maximum atomic E-state index is 12.9. The number of amides is 1. The Morgan fingerprint density at radius 3 is 2.68 bits per heavy atom. The summed E-state index contributed by atoms with van der Waals surface area (Å²) >= 11 is 0. The van der Waals surface area contributed by atoms with Crippen molar-refractivity contribution in [2.24, 2.45) is 0 Å². The van der Waals surface area contributed by atoms with E-state index < -0.39 is 0 Å². The summed E-state index contributed by atoms with van der Waals surface area (Å²) < 4.78 is 18.9. The lowest BCUT2D eigenvalue weighted by Gasteiger charge is -2.08. The van der Waals surface area contributed by atoms with Gasteiger partial charge in [0, 0.05) is 19.7 Å². The number of halogens is 1. The minimum Gasteiger partial charge on any atom is -0.383 e. The number of ether oxygens (including phenoxy) is 1. The first-order valence-electron chi connectivity index (χ1n) is 6.70. The van der Waals surface area contributed by atoms with Gasteiger partial charge in [-0.1, -0.05) is 12.1 Å². The van der Waals surface area contributed by atoms with E-state index >= 15 is 0 Å². The van der Waals surface area contributed by atoms with Crippen molar-refractivity contribution in [1.29, 1.82) is 0 Å². The van der Waals surface area contributed by atoms with Gasteiger partial charge < -0.3 is 10.1 Å². The van der Waals surface area contributed by atoms with Gasteiger partial charge in [0.1, 0.15) is 11.5 Å². The average Bonchev–Trinajstić information content (AvgIpc) is 2.52. The van der Waals surface area contributed by atoms with Crippen molar-refractivity contribution in [2.75, 3.05) is 20.3 Å². The molecule has 0 saturated heterocycles. The van der Waals surface area contributed by atoms with Gasteiger partial charge >= 0.3 is 0 Å². The summed E-state index contributed by atoms with van der Waals surface area (Å²) in [6.07, 6.45) is 0. The highest BCUT2D eigenvalue weighted by atomic mass is 19.1. The normalized spacial score (nSPS) is 10.5. The predicted molar refractivity (Wildman–Crippen MR) is 78.2 cm³/mol. The molecule has 1 N–H and O–H groups in total. The number of hydrogen-bond acceptors (Lipinski definition) is 4. The Hall–Kier alpha value is -2.54. The van der Waals surface area contributed by atoms with Crippen LogP contribution in [0.25, 0.3) is 0 Å². The second kappa shape index (κ2) is 7.46. The summed E-state index contributed by atoms with van der Waals surface area (Å²) in [6.45, 7) is 0.910. The van der Waals surface area contributed by atoms with Crippen LogP contribution >= 0.6 is 0 Å². The Bertz CT molecular complexity index is 698. The standard InChI is InChI=1S/C15H16FN3O3/c1-22-9-8-17-15(21)13-6-7-14(20)19(18-13)10-11-2-4-12(16)5-3-11/h2-7H,8-10H2,1H3,(H,17,21). The van der Waals surface area contributed by atoms with Crippen LogP contribution in [0.3, 0.4) is 0 Å². The quantitative estimate of drug-likeness (QED) is 0.802. The molecule has 1 aromatic carbocycles. The Morgan fingerprint density at radius 2 is 2.00 bits per heavy atom. The highest BCUT2D eigenvalue weighted by molar-refractivity contribution is 5.91. The molecule has 0 bridgehead atoms. The number of nitrogens with zero attached hydrogens (tertiary/aromatic N) is 2. The van der Waals surface area contributed by atoms with Gasteiger partial charge in [-0.3, -0.25) is 9.59 Å². The SMILES string of the molecule is COCCNC(=O)c1ccc(=O)n(Cc2ccc(F)cc2)n1. The van der Waals surface area contributed by atoms with Gasteiger partial charge in [0.25, 0.3) is 11.5 Å². The topological polar surface area (TPSA) is 73.2 Å². The predicted octanol–water partition coefficient (Wildman–Crippen LogP) is 0.807. The maximum absolute atomic E-state index is 12.9. The molecule has 0 aliphatic carbocycles. The molecule has 1 heterocycles. The number of methoxy groups -OCH3 is 1. The molecule has 0 atom stereocenters. The van der Waals surface area contributed by atoms with Crippen LogP contribution in [0.1, 0.15) is 16.1 Å². The van der Waals surface area contributed by atoms with E-state index in [0.717, 1.165) is 0 Å². The van der Waals surface area contributed by atoms with E-state index in [4.69, 9.17) is 4.74 Å². The van der Waals surface area contributed by atoms with Crippen LogP contribution in [-0.2, 0) is 11.3 Å². The smallest absolute Gasteiger partial charge is 0.271 e. The van der Waals surface area contributed by atoms with Crippen molar-refractivity contribution in [3.05, 3.63) is 63.8 Å². The second-order valence-corrected chi connectivity index (χ2v) is 4.59. The summed E-state index contributed by atoms with van der Waals surface area (Å²) in [5.74, 6) is -0.736. The molecule has 1 amide bonds. The molecule has 2 rings (SSSR count). The Balaban J connectivity index is 2.14. The van der Waals surface area contributed by atoms with E-state index in [1.807, 2.05) is 0 Å². The molecule has 22 heavy (non-hydrogen) atoms. The van der Waals surface area contributed by atoms with E-state index in [1.54, 1.807) is 12.1 Å². The van der Waals surface area contributed by atoms with Crippen LogP contribution in [0.15, 0.2) is 41.2 Å². The number of hydrogen-bond donors (Lipinski definition) is 1. The third kappa shape index (κ3) is 4.23. The highest BCUT2D eigenvalue weighted by Gasteiger charge is 2.09. The monoisotopic (exact) mass is 305 g/mol. The molecule has 1 aromatic heterocycles. The lowest BCUT2D eigenvalue weighted by molar-refractivity contribution is 0.0929. The average molecular weight is 305 g/mol. The van der Waals surface area contributed by atoms with Gasteiger partial charge in [-0.25, -0.2) is 9.07 Å². The van der Waals surface area contributed by atoms with Crippen LogP contribution < -0.4 is 10.9 Å². The van der Waals surface area contributed by atoms with E-state index in [1.165, 1.54) is 36.1 Å². The molecule has 0 fully saturated rings. The summed E-state index contributed by atoms with van der Waals surface area (Å²) in [6, 6.07) is 8.39. The van der Waals surface area contributed by atoms with Crippen LogP contribution in [0.2, 0.25) is 0 Å². The van der Waals surface area contributed by atoms with E-state index in [-0.39, 0.29) is 29.5 Å². The number of rotatable bonds is 6. The first-order valence-corrected chi connectivity index (χ1v) is 6.70. The summed E-state index contributed by atoms with van der Waals surface area (Å²) in [5.41, 5.74) is 0.517. The van der Waals surface area contributed by atoms with Crippen LogP contribution in [0.4, 0.5) is 4.39 Å². The fourth-order valence-corrected chi connectivity index (χ4v) is 1.80. The van der Waals surface area contributed by atoms with Gasteiger partial charge in [-0.05, 0) is 23.8 Å². The summed E-state index contributed by atoms with van der Waals surface area (Å²) in [7, 11) is 1.54. The first-order chi connectivity index (χ1) is 10.6. The van der Waals surface area contributed by atoms with Crippen molar-refractivity contribution in [2.45, 2.75) is 6.54 Å². The van der Waals surface area contributed by atoms with Gasteiger partial charge in [-0.2, -0.15) is 5.10 Å². The first kappa shape index (κ1) is 15.8. The molecular weight excluding hydrogens is 289 g/mol. The highest BCUT2D eigenvalue weighted by Crippen LogP contribution is 2.03. The molecule has 0 spiro atoms. The molecule has 0 aliphatic heterocycles. The Labute approximate surface area is 126 Å². The van der Waals surface area contributed by atoms with E-state index in [2.05, 4.69) is 10.4 Å². The van der Waals surface area contributed by atoms with E-state index in [9.17, 15) is 14.0 Å². The zero-order valence-corrected chi connectivity index (χ0v) is 12.1. The van der Waals surface area contributed by atoms with Gasteiger partial charge in [0.05, 0.1) is 13.2 Å². The minimum absolute atomic E-state index is 0.137. The zero-order chi connectivity index (χ0) is 15.9. The van der Waals surface area contributed by atoms with Crippen molar-refractivity contribution in [3.8, 4) is 0 Å². The molecule has 6 nitrogen and oxygen atoms in total. The van der Waals surface area contributed by atoms with Gasteiger partial charge in [0.15, 0.2) is 0 Å². The van der Waals surface area contributed by atoms with Crippen LogP contribution in [-0.4, -0.2) is 35.9 Å². The number of carbonyl (C=O) groups excluding carboxylic acids is 1. The molecule has 0 saturated carbocycles. The molecule has 7 heteroatoms. The number of carbonyl (C=O) groups is 1. The molecule has 116 valence electrons. The fourth-order valence-electron chi connectivity index (χ4n) is 1.80. The van der Waals surface area contributed by atoms with Gasteiger partial charge in [0.2, 0.25) is 0 Å². The van der Waals surface area contributed by atoms with Crippen molar-refractivity contribution in [1.82, 2.24) is 15.1 Å². The Morgan fingerprint density at radius 1 is 1.27 bits per heavy atom. The lowest BCUT2D eigenvalue weighted by Crippen LogP contribution is -2.31. The second-order valence-electron chi connectivity index (χ2n) is 4.59. The van der Waals surface area contributed by atoms with Crippen molar-refractivity contribution >= 4 is 5.91 Å². The molecule has 0 aliphatic rings. The number of benzene rings is 1. The molecular formula is C15H16FN3O3. The third-order valence-corrected chi connectivity index (χ3v) is 2.94. The third-order valence-electron chi connectivity index (χ3n) is 2.94. The largest absolute Gasteiger partial charge is 0.383 e. The van der Waals surface area contributed by atoms with Crippen molar-refractivity contribution < 1.29 is 13.9 Å². The fraction of sp³-hybridized carbons (Fsp3) is 0.267. The number of aromatic nitrogens is 2. The zero-order valence-electron chi connectivity index (χ0n) is 12.1. The summed E-state index contributed by atoms with van der Waals surface area (Å²) in [4.78, 5) is 23.7. The molecule has 0 unspecified atom stereocenters. The van der Waals surface area contributed by atoms with Crippen LogP contribution in [0, 0.1) is 5.82 Å². The number of nitrogens with one attached hydrogen (secondary N) is 1.